The number of aromatic nitrogens is 2. The largest absolute Gasteiger partial charge is 0.272 e. The van der Waals surface area contributed by atoms with Gasteiger partial charge in [0, 0.05) is 17.0 Å². The summed E-state index contributed by atoms with van der Waals surface area (Å²) >= 11 is 0. The average molecular weight is 423 g/mol. The smallest absolute Gasteiger partial charge is 0.251 e. The minimum absolute atomic E-state index is 0.0318. The van der Waals surface area contributed by atoms with Gasteiger partial charge in [-0.3, -0.25) is 4.79 Å². The van der Waals surface area contributed by atoms with Crippen molar-refractivity contribution in [2.24, 2.45) is 5.92 Å². The molecule has 3 aromatic carbocycles. The summed E-state index contributed by atoms with van der Waals surface area (Å²) in [6.45, 7) is 6.82. The number of rotatable bonds is 4. The van der Waals surface area contributed by atoms with Gasteiger partial charge in [-0.05, 0) is 41.0 Å². The van der Waals surface area contributed by atoms with Gasteiger partial charge < -0.3 is 0 Å². The topological polar surface area (TPSA) is 34.9 Å². The Morgan fingerprint density at radius 1 is 0.969 bits per heavy atom. The predicted octanol–water partition coefficient (Wildman–Crippen LogP) is 7.22. The molecule has 1 aliphatic rings. The lowest BCUT2D eigenvalue weighted by Crippen LogP contribution is -2.18. The van der Waals surface area contributed by atoms with E-state index in [9.17, 15) is 4.79 Å². The van der Waals surface area contributed by atoms with E-state index in [1.807, 2.05) is 36.4 Å². The molecular weight excluding hydrogens is 392 g/mol. The molecule has 4 aromatic rings. The van der Waals surface area contributed by atoms with Crippen molar-refractivity contribution in [1.29, 1.82) is 0 Å². The zero-order chi connectivity index (χ0) is 22.2. The van der Waals surface area contributed by atoms with Crippen LogP contribution in [0.4, 0.5) is 0 Å². The van der Waals surface area contributed by atoms with E-state index in [1.165, 1.54) is 5.56 Å². The third kappa shape index (κ3) is 3.56. The molecule has 1 aliphatic carbocycles. The van der Waals surface area contributed by atoms with Gasteiger partial charge >= 0.3 is 0 Å². The third-order valence-corrected chi connectivity index (χ3v) is 7.02. The molecule has 3 heteroatoms. The Kier molecular flexibility index (Phi) is 5.42. The fraction of sp³-hybridized carbons (Fsp3) is 0.310. The van der Waals surface area contributed by atoms with Crippen LogP contribution >= 0.6 is 0 Å². The summed E-state index contributed by atoms with van der Waals surface area (Å²) in [5.41, 5.74) is 5.51. The summed E-state index contributed by atoms with van der Waals surface area (Å²) in [6, 6.07) is 24.8. The van der Waals surface area contributed by atoms with Crippen molar-refractivity contribution in [3.05, 3.63) is 89.6 Å². The van der Waals surface area contributed by atoms with Crippen LogP contribution in [0.25, 0.3) is 22.0 Å². The van der Waals surface area contributed by atoms with Crippen LogP contribution in [-0.2, 0) is 6.42 Å². The summed E-state index contributed by atoms with van der Waals surface area (Å²) in [5.74, 6) is 1.33. The van der Waals surface area contributed by atoms with Crippen molar-refractivity contribution < 1.29 is 4.79 Å². The first-order valence-corrected chi connectivity index (χ1v) is 11.7. The lowest BCUT2D eigenvalue weighted by molar-refractivity contribution is 0.0900. The number of fused-ring (bicyclic) bond motifs is 2. The van der Waals surface area contributed by atoms with Gasteiger partial charge in [0.05, 0.1) is 17.8 Å². The quantitative estimate of drug-likeness (QED) is 0.348. The Morgan fingerprint density at radius 3 is 2.47 bits per heavy atom. The molecule has 0 saturated heterocycles. The first-order valence-electron chi connectivity index (χ1n) is 11.7. The Bertz CT molecular complexity index is 1260. The summed E-state index contributed by atoms with van der Waals surface area (Å²) < 4.78 is 1.72. The van der Waals surface area contributed by atoms with Gasteiger partial charge in [0.25, 0.3) is 5.91 Å². The molecule has 2 atom stereocenters. The van der Waals surface area contributed by atoms with Crippen LogP contribution in [0.3, 0.4) is 0 Å². The van der Waals surface area contributed by atoms with E-state index < -0.39 is 0 Å². The molecule has 0 N–H and O–H groups in total. The van der Waals surface area contributed by atoms with Crippen molar-refractivity contribution in [3.63, 3.8) is 0 Å². The lowest BCUT2D eigenvalue weighted by Gasteiger charge is -2.28. The van der Waals surface area contributed by atoms with Crippen LogP contribution in [0, 0.1) is 5.92 Å². The van der Waals surface area contributed by atoms with Gasteiger partial charge in [0.2, 0.25) is 0 Å². The predicted molar refractivity (Wildman–Crippen MR) is 131 cm³/mol. The monoisotopic (exact) mass is 422 g/mol. The summed E-state index contributed by atoms with van der Waals surface area (Å²) in [5, 5.41) is 7.32. The fourth-order valence-corrected chi connectivity index (χ4v) is 5.31. The molecule has 1 heterocycles. The Morgan fingerprint density at radius 2 is 1.69 bits per heavy atom. The van der Waals surface area contributed by atoms with E-state index in [0.29, 0.717) is 24.2 Å². The van der Waals surface area contributed by atoms with E-state index in [0.717, 1.165) is 46.1 Å². The first-order chi connectivity index (χ1) is 15.5. The van der Waals surface area contributed by atoms with Crippen molar-refractivity contribution in [2.75, 3.05) is 0 Å². The second-order valence-electron chi connectivity index (χ2n) is 9.46. The second kappa shape index (κ2) is 8.38. The zero-order valence-electron chi connectivity index (χ0n) is 19.1. The van der Waals surface area contributed by atoms with Gasteiger partial charge in [-0.15, -0.1) is 0 Å². The number of hydrogen-bond acceptors (Lipinski definition) is 2. The molecule has 0 fully saturated rings. The van der Waals surface area contributed by atoms with Crippen molar-refractivity contribution in [3.8, 4) is 11.3 Å². The average Bonchev–Trinajstić information content (AvgIpc) is 3.21. The maximum Gasteiger partial charge on any atom is 0.251 e. The van der Waals surface area contributed by atoms with Crippen LogP contribution in [0.15, 0.2) is 72.8 Å². The molecule has 0 spiro atoms. The van der Waals surface area contributed by atoms with Crippen LogP contribution in [0.2, 0.25) is 0 Å². The molecule has 5 rings (SSSR count). The molecule has 0 radical (unpaired) electrons. The van der Waals surface area contributed by atoms with E-state index in [-0.39, 0.29) is 5.91 Å². The minimum atomic E-state index is 0.0318. The molecule has 162 valence electrons. The minimum Gasteiger partial charge on any atom is -0.272 e. The highest BCUT2D eigenvalue weighted by Crippen LogP contribution is 2.46. The number of carbonyl (C=O) groups is 1. The van der Waals surface area contributed by atoms with E-state index in [2.05, 4.69) is 57.2 Å². The molecule has 32 heavy (non-hydrogen) atoms. The van der Waals surface area contributed by atoms with Crippen LogP contribution in [0.5, 0.6) is 0 Å². The molecule has 1 aromatic heterocycles. The lowest BCUT2D eigenvalue weighted by atomic mass is 9.75. The van der Waals surface area contributed by atoms with Gasteiger partial charge in [-0.25, -0.2) is 0 Å². The molecule has 3 nitrogen and oxygen atoms in total. The molecule has 0 amide bonds. The van der Waals surface area contributed by atoms with Gasteiger partial charge in [0.1, 0.15) is 0 Å². The van der Waals surface area contributed by atoms with Gasteiger partial charge in [0.15, 0.2) is 0 Å². The normalized spacial score (nSPS) is 18.1. The Labute approximate surface area is 190 Å². The van der Waals surface area contributed by atoms with Crippen LogP contribution < -0.4 is 0 Å². The molecule has 0 bridgehead atoms. The number of nitrogens with zero attached hydrogens (tertiary/aromatic N) is 2. The SMILES string of the molecule is CC(C)[C@@H]1CC[C@@H](C)c2c1nn(C(=O)Cc1cccc3ccccc13)c2-c1ccccc1. The van der Waals surface area contributed by atoms with Gasteiger partial charge in [-0.1, -0.05) is 93.6 Å². The summed E-state index contributed by atoms with van der Waals surface area (Å²) in [7, 11) is 0. The van der Waals surface area contributed by atoms with E-state index in [1.54, 1.807) is 4.68 Å². The Balaban J connectivity index is 1.65. The number of benzene rings is 3. The molecule has 0 aliphatic heterocycles. The molecule has 0 saturated carbocycles. The fourth-order valence-electron chi connectivity index (χ4n) is 5.31. The van der Waals surface area contributed by atoms with Crippen LogP contribution in [-0.4, -0.2) is 15.7 Å². The van der Waals surface area contributed by atoms with Crippen LogP contribution in [0.1, 0.15) is 67.1 Å². The Hall–Kier alpha value is -3.20. The highest BCUT2D eigenvalue weighted by molar-refractivity contribution is 5.92. The van der Waals surface area contributed by atoms with Crippen molar-refractivity contribution in [1.82, 2.24) is 9.78 Å². The van der Waals surface area contributed by atoms with Gasteiger partial charge in [-0.2, -0.15) is 9.78 Å². The summed E-state index contributed by atoms with van der Waals surface area (Å²) in [4.78, 5) is 13.8. The summed E-state index contributed by atoms with van der Waals surface area (Å²) in [6.07, 6.45) is 2.61. The molecular formula is C29H30N2O. The highest BCUT2D eigenvalue weighted by atomic mass is 16.2. The standard InChI is InChI=1S/C29H30N2O/c1-19(2)24-17-16-20(3)27-28(24)30-31(29(27)22-11-5-4-6-12-22)26(32)18-23-14-9-13-21-10-7-8-15-25(21)23/h4-15,19-20,24H,16-18H2,1-3H3/t20-,24+/m1/s1. The second-order valence-corrected chi connectivity index (χ2v) is 9.46. The third-order valence-electron chi connectivity index (χ3n) is 7.02. The van der Waals surface area contributed by atoms with E-state index >= 15 is 0 Å². The highest BCUT2D eigenvalue weighted by Gasteiger charge is 2.35. The van der Waals surface area contributed by atoms with Crippen molar-refractivity contribution in [2.45, 2.75) is 51.9 Å². The number of hydrogen-bond donors (Lipinski definition) is 0. The van der Waals surface area contributed by atoms with E-state index in [4.69, 9.17) is 5.10 Å². The van der Waals surface area contributed by atoms with Crippen molar-refractivity contribution >= 4 is 16.7 Å². The number of carbonyl (C=O) groups excluding carboxylic acids is 1. The maximum atomic E-state index is 13.8. The first kappa shape index (κ1) is 20.7. The maximum absolute atomic E-state index is 13.8. The molecule has 0 unspecified atom stereocenters. The zero-order valence-corrected chi connectivity index (χ0v) is 19.1.